The molecule has 0 radical (unpaired) electrons. The van der Waals surface area contributed by atoms with E-state index in [1.165, 1.54) is 4.68 Å². The summed E-state index contributed by atoms with van der Waals surface area (Å²) in [6, 6.07) is 15.9. The predicted molar refractivity (Wildman–Crippen MR) is 112 cm³/mol. The van der Waals surface area contributed by atoms with Gasteiger partial charge in [-0.25, -0.2) is 10.1 Å². The van der Waals surface area contributed by atoms with Gasteiger partial charge in [0.1, 0.15) is 0 Å². The van der Waals surface area contributed by atoms with Gasteiger partial charge in [-0.3, -0.25) is 9.59 Å². The molecule has 1 amide bonds. The second-order valence-corrected chi connectivity index (χ2v) is 6.60. The van der Waals surface area contributed by atoms with Crippen LogP contribution in [0.5, 0.6) is 0 Å². The molecule has 0 aliphatic rings. The average Bonchev–Trinajstić information content (AvgIpc) is 2.77. The van der Waals surface area contributed by atoms with Crippen LogP contribution in [0, 0.1) is 11.3 Å². The summed E-state index contributed by atoms with van der Waals surface area (Å²) in [5, 5.41) is 18.3. The van der Waals surface area contributed by atoms with E-state index in [0.717, 1.165) is 18.4 Å². The maximum atomic E-state index is 12.8. The summed E-state index contributed by atoms with van der Waals surface area (Å²) in [4.78, 5) is 25.4. The summed E-state index contributed by atoms with van der Waals surface area (Å²) >= 11 is 0. The van der Waals surface area contributed by atoms with Gasteiger partial charge in [0.25, 0.3) is 11.5 Å². The zero-order chi connectivity index (χ0) is 20.8. The lowest BCUT2D eigenvalue weighted by atomic mass is 10.1. The van der Waals surface area contributed by atoms with E-state index >= 15 is 0 Å². The molecule has 0 aliphatic heterocycles. The monoisotopic (exact) mass is 387 g/mol. The highest BCUT2D eigenvalue weighted by Crippen LogP contribution is 2.13. The molecule has 1 aromatic heterocycles. The Morgan fingerprint density at radius 2 is 1.86 bits per heavy atom. The summed E-state index contributed by atoms with van der Waals surface area (Å²) in [6.45, 7) is 4.24. The van der Waals surface area contributed by atoms with E-state index in [9.17, 15) is 9.59 Å². The molecule has 0 aliphatic carbocycles. The van der Waals surface area contributed by atoms with E-state index in [1.807, 2.05) is 6.92 Å². The summed E-state index contributed by atoms with van der Waals surface area (Å²) in [7, 11) is 0. The molecule has 0 bridgehead atoms. The van der Waals surface area contributed by atoms with Crippen LogP contribution < -0.4 is 11.0 Å². The van der Waals surface area contributed by atoms with Gasteiger partial charge in [-0.1, -0.05) is 43.7 Å². The van der Waals surface area contributed by atoms with Gasteiger partial charge >= 0.3 is 0 Å². The number of aryl methyl sites for hydroxylation is 1. The first-order valence-corrected chi connectivity index (χ1v) is 9.40. The molecule has 0 fully saturated rings. The fourth-order valence-electron chi connectivity index (χ4n) is 2.90. The van der Waals surface area contributed by atoms with Crippen molar-refractivity contribution in [3.8, 4) is 6.07 Å². The van der Waals surface area contributed by atoms with Crippen molar-refractivity contribution in [2.45, 2.75) is 33.2 Å². The molecule has 7 heteroatoms. The molecule has 7 nitrogen and oxygen atoms in total. The molecular formula is C22H21N5O2. The van der Waals surface area contributed by atoms with Gasteiger partial charge in [-0.15, -0.1) is 0 Å². The van der Waals surface area contributed by atoms with Gasteiger partial charge < -0.3 is 0 Å². The van der Waals surface area contributed by atoms with Crippen molar-refractivity contribution < 1.29 is 4.79 Å². The van der Waals surface area contributed by atoms with E-state index < -0.39 is 5.91 Å². The second-order valence-electron chi connectivity index (χ2n) is 6.60. The minimum atomic E-state index is -0.487. The van der Waals surface area contributed by atoms with Crippen LogP contribution in [-0.2, 0) is 6.54 Å². The molecule has 29 heavy (non-hydrogen) atoms. The number of hydrazone groups is 1. The molecule has 146 valence electrons. The third-order valence-corrected chi connectivity index (χ3v) is 4.56. The van der Waals surface area contributed by atoms with Crippen LogP contribution in [0.2, 0.25) is 0 Å². The quantitative estimate of drug-likeness (QED) is 0.518. The first-order chi connectivity index (χ1) is 14.0. The Hall–Kier alpha value is -3.79. The van der Waals surface area contributed by atoms with E-state index in [0.29, 0.717) is 28.6 Å². The first-order valence-electron chi connectivity index (χ1n) is 9.40. The van der Waals surface area contributed by atoms with Crippen molar-refractivity contribution >= 4 is 22.4 Å². The molecule has 1 heterocycles. The first kappa shape index (κ1) is 20.0. The van der Waals surface area contributed by atoms with Crippen molar-refractivity contribution in [1.29, 1.82) is 5.26 Å². The van der Waals surface area contributed by atoms with Crippen LogP contribution in [0.15, 0.2) is 58.4 Å². The third kappa shape index (κ3) is 4.38. The van der Waals surface area contributed by atoms with E-state index in [4.69, 9.17) is 5.26 Å². The van der Waals surface area contributed by atoms with Gasteiger partial charge in [-0.2, -0.15) is 15.5 Å². The smallest absolute Gasteiger partial charge is 0.267 e. The zero-order valence-electron chi connectivity index (χ0n) is 16.3. The Morgan fingerprint density at radius 1 is 1.17 bits per heavy atom. The number of nitrogens with one attached hydrogen (secondary N) is 1. The molecule has 3 aromatic rings. The highest BCUT2D eigenvalue weighted by atomic mass is 16.2. The Morgan fingerprint density at radius 3 is 2.52 bits per heavy atom. The van der Waals surface area contributed by atoms with Crippen LogP contribution in [0.1, 0.15) is 48.3 Å². The maximum Gasteiger partial charge on any atom is 0.292 e. The molecule has 2 aromatic carbocycles. The number of nitriles is 1. The summed E-state index contributed by atoms with van der Waals surface area (Å²) in [6.07, 6.45) is 1.71. The standard InChI is InChI=1S/C22H21N5O2/c1-3-4-13-27-22(29)19-8-6-5-7-18(19)20(26-27)21(28)25-24-15(2)17-11-9-16(14-23)10-12-17/h5-12H,3-4,13H2,1-2H3,(H,25,28)/b24-15+. The Balaban J connectivity index is 1.92. The van der Waals surface area contributed by atoms with Crippen molar-refractivity contribution in [2.24, 2.45) is 5.10 Å². The number of aromatic nitrogens is 2. The van der Waals surface area contributed by atoms with Gasteiger partial charge in [0.05, 0.1) is 22.7 Å². The number of fused-ring (bicyclic) bond motifs is 1. The predicted octanol–water partition coefficient (Wildman–Crippen LogP) is 3.22. The van der Waals surface area contributed by atoms with Crippen molar-refractivity contribution in [3.63, 3.8) is 0 Å². The Labute approximate surface area is 168 Å². The van der Waals surface area contributed by atoms with Crippen molar-refractivity contribution in [2.75, 3.05) is 0 Å². The fraction of sp³-hybridized carbons (Fsp3) is 0.227. The van der Waals surface area contributed by atoms with Crippen molar-refractivity contribution in [1.82, 2.24) is 15.2 Å². The number of carbonyl (C=O) groups excluding carboxylic acids is 1. The highest BCUT2D eigenvalue weighted by Gasteiger charge is 2.16. The topological polar surface area (TPSA) is 100 Å². The van der Waals surface area contributed by atoms with Crippen LogP contribution >= 0.6 is 0 Å². The molecule has 0 spiro atoms. The number of benzene rings is 2. The van der Waals surface area contributed by atoms with Gasteiger partial charge in [0.15, 0.2) is 5.69 Å². The van der Waals surface area contributed by atoms with Crippen LogP contribution in [-0.4, -0.2) is 21.4 Å². The molecule has 3 rings (SSSR count). The van der Waals surface area contributed by atoms with Crippen LogP contribution in [0.4, 0.5) is 0 Å². The minimum Gasteiger partial charge on any atom is -0.267 e. The lowest BCUT2D eigenvalue weighted by Crippen LogP contribution is -2.29. The molecule has 0 saturated carbocycles. The number of hydrogen-bond donors (Lipinski definition) is 1. The fourth-order valence-corrected chi connectivity index (χ4v) is 2.90. The number of hydrogen-bond acceptors (Lipinski definition) is 5. The zero-order valence-corrected chi connectivity index (χ0v) is 16.3. The van der Waals surface area contributed by atoms with Gasteiger partial charge in [0, 0.05) is 11.9 Å². The lowest BCUT2D eigenvalue weighted by molar-refractivity contribution is 0.0949. The van der Waals surface area contributed by atoms with E-state index in [1.54, 1.807) is 55.5 Å². The number of rotatable bonds is 6. The Kier molecular flexibility index (Phi) is 6.15. The number of amides is 1. The normalized spacial score (nSPS) is 11.3. The van der Waals surface area contributed by atoms with Crippen LogP contribution in [0.3, 0.4) is 0 Å². The summed E-state index contributed by atoms with van der Waals surface area (Å²) in [5.74, 6) is -0.487. The van der Waals surface area contributed by atoms with Gasteiger partial charge in [0.2, 0.25) is 0 Å². The van der Waals surface area contributed by atoms with Crippen LogP contribution in [0.25, 0.3) is 10.8 Å². The minimum absolute atomic E-state index is 0.160. The average molecular weight is 387 g/mol. The number of unbranched alkanes of at least 4 members (excludes halogenated alkanes) is 1. The van der Waals surface area contributed by atoms with E-state index in [-0.39, 0.29) is 11.3 Å². The maximum absolute atomic E-state index is 12.8. The summed E-state index contributed by atoms with van der Waals surface area (Å²) in [5.41, 5.74) is 4.41. The lowest BCUT2D eigenvalue weighted by Gasteiger charge is -2.10. The molecule has 1 N–H and O–H groups in total. The van der Waals surface area contributed by atoms with E-state index in [2.05, 4.69) is 21.7 Å². The molecule has 0 saturated heterocycles. The SMILES string of the molecule is CCCCn1nc(C(=O)N/N=C(\C)c2ccc(C#N)cc2)c2ccccc2c1=O. The number of carbonyl (C=O) groups is 1. The Bertz CT molecular complexity index is 1170. The second kappa shape index (κ2) is 8.93. The van der Waals surface area contributed by atoms with Gasteiger partial charge in [-0.05, 0) is 37.1 Å². The number of nitrogens with zero attached hydrogens (tertiary/aromatic N) is 4. The third-order valence-electron chi connectivity index (χ3n) is 4.56. The van der Waals surface area contributed by atoms with Crippen molar-refractivity contribution in [3.05, 3.63) is 75.7 Å². The highest BCUT2D eigenvalue weighted by molar-refractivity contribution is 6.06. The molecular weight excluding hydrogens is 366 g/mol. The molecule has 0 atom stereocenters. The summed E-state index contributed by atoms with van der Waals surface area (Å²) < 4.78 is 1.35. The largest absolute Gasteiger partial charge is 0.292 e. The molecule has 0 unspecified atom stereocenters.